The van der Waals surface area contributed by atoms with Crippen LogP contribution in [0.25, 0.3) is 11.0 Å². The minimum atomic E-state index is -0.599. The lowest BCUT2D eigenvalue weighted by atomic mass is 10.2. The molecule has 148 valence electrons. The number of hydrogen-bond donors (Lipinski definition) is 1. The van der Waals surface area contributed by atoms with Gasteiger partial charge in [-0.3, -0.25) is 4.68 Å². The van der Waals surface area contributed by atoms with Crippen LogP contribution in [0.3, 0.4) is 0 Å². The van der Waals surface area contributed by atoms with Gasteiger partial charge in [-0.15, -0.1) is 0 Å². The van der Waals surface area contributed by atoms with Crippen LogP contribution >= 0.6 is 11.6 Å². The van der Waals surface area contributed by atoms with Gasteiger partial charge in [-0.1, -0.05) is 0 Å². The first-order valence-electron chi connectivity index (χ1n) is 8.67. The number of anilines is 2. The number of esters is 1. The summed E-state index contributed by atoms with van der Waals surface area (Å²) in [5, 5.41) is 7.53. The van der Waals surface area contributed by atoms with Gasteiger partial charge in [-0.2, -0.15) is 10.1 Å². The predicted octanol–water partition coefficient (Wildman–Crippen LogP) is 3.14. The zero-order valence-corrected chi connectivity index (χ0v) is 16.8. The van der Waals surface area contributed by atoms with Gasteiger partial charge in [0.25, 0.3) is 0 Å². The molecule has 0 aliphatic carbocycles. The fraction of sp³-hybridized carbons (Fsp3) is 0.389. The number of carbonyl (C=O) groups excluding carboxylic acids is 1. The summed E-state index contributed by atoms with van der Waals surface area (Å²) < 4.78 is 11.8. The Morgan fingerprint density at radius 2 is 2.14 bits per heavy atom. The molecule has 10 heteroatoms. The zero-order valence-electron chi connectivity index (χ0n) is 16.1. The summed E-state index contributed by atoms with van der Waals surface area (Å²) in [7, 11) is 2.93. The Kier molecular flexibility index (Phi) is 6.05. The second-order valence-corrected chi connectivity index (χ2v) is 6.62. The normalized spacial score (nSPS) is 12.2. The van der Waals surface area contributed by atoms with E-state index in [9.17, 15) is 4.79 Å². The Morgan fingerprint density at radius 1 is 1.36 bits per heavy atom. The van der Waals surface area contributed by atoms with E-state index < -0.39 is 5.97 Å². The number of carbonyl (C=O) groups is 1. The largest absolute Gasteiger partial charge is 0.464 e. The predicted molar refractivity (Wildman–Crippen MR) is 105 cm³/mol. The van der Waals surface area contributed by atoms with E-state index >= 15 is 0 Å². The Bertz CT molecular complexity index is 1010. The highest BCUT2D eigenvalue weighted by Crippen LogP contribution is 2.28. The van der Waals surface area contributed by atoms with Gasteiger partial charge in [0.05, 0.1) is 13.2 Å². The van der Waals surface area contributed by atoms with Crippen molar-refractivity contribution in [2.24, 2.45) is 0 Å². The number of aromatic nitrogens is 5. The third-order valence-electron chi connectivity index (χ3n) is 4.25. The van der Waals surface area contributed by atoms with E-state index in [-0.39, 0.29) is 17.1 Å². The third kappa shape index (κ3) is 4.20. The third-order valence-corrected chi connectivity index (χ3v) is 4.42. The molecule has 0 radical (unpaired) electrons. The monoisotopic (exact) mass is 404 g/mol. The molecule has 1 atom stereocenters. The molecule has 9 nitrogen and oxygen atoms in total. The summed E-state index contributed by atoms with van der Waals surface area (Å²) in [6.07, 6.45) is 2.39. The van der Waals surface area contributed by atoms with Gasteiger partial charge in [0.1, 0.15) is 16.9 Å². The summed E-state index contributed by atoms with van der Waals surface area (Å²) in [5.41, 5.74) is 1.96. The fourth-order valence-corrected chi connectivity index (χ4v) is 2.86. The van der Waals surface area contributed by atoms with E-state index in [0.717, 1.165) is 5.56 Å². The highest BCUT2D eigenvalue weighted by atomic mass is 35.5. The molecule has 3 rings (SSSR count). The first-order valence-corrected chi connectivity index (χ1v) is 9.05. The van der Waals surface area contributed by atoms with Crippen molar-refractivity contribution < 1.29 is 14.3 Å². The maximum Gasteiger partial charge on any atom is 0.360 e. The number of nitrogens with one attached hydrogen (secondary N) is 1. The van der Waals surface area contributed by atoms with Gasteiger partial charge in [-0.05, 0) is 49.6 Å². The number of ether oxygens (including phenoxy) is 2. The molecule has 0 spiro atoms. The molecule has 0 saturated heterocycles. The Hall–Kier alpha value is -2.78. The summed E-state index contributed by atoms with van der Waals surface area (Å²) in [5.74, 6) is 0.396. The number of fused-ring (bicyclic) bond motifs is 1. The number of aryl methyl sites for hydroxylation is 2. The van der Waals surface area contributed by atoms with Crippen LogP contribution in [0.15, 0.2) is 18.3 Å². The van der Waals surface area contributed by atoms with Gasteiger partial charge in [0.15, 0.2) is 11.5 Å². The van der Waals surface area contributed by atoms with E-state index in [4.69, 9.17) is 21.1 Å². The van der Waals surface area contributed by atoms with E-state index in [1.165, 1.54) is 7.11 Å². The van der Waals surface area contributed by atoms with E-state index in [1.54, 1.807) is 18.0 Å². The molecule has 3 aromatic rings. The lowest BCUT2D eigenvalue weighted by Gasteiger charge is -2.12. The van der Waals surface area contributed by atoms with Crippen LogP contribution in [0.4, 0.5) is 11.6 Å². The van der Waals surface area contributed by atoms with Crippen molar-refractivity contribution in [1.29, 1.82) is 0 Å². The first kappa shape index (κ1) is 20.0. The van der Waals surface area contributed by atoms with Crippen molar-refractivity contribution in [3.05, 3.63) is 34.9 Å². The molecule has 0 aliphatic heterocycles. The van der Waals surface area contributed by atoms with Gasteiger partial charge in [-0.25, -0.2) is 14.8 Å². The Morgan fingerprint density at radius 3 is 2.82 bits per heavy atom. The quantitative estimate of drug-likeness (QED) is 0.473. The second kappa shape index (κ2) is 8.49. The van der Waals surface area contributed by atoms with Crippen molar-refractivity contribution in [2.75, 3.05) is 19.5 Å². The molecule has 3 aromatic heterocycles. The minimum Gasteiger partial charge on any atom is -0.464 e. The molecule has 0 aromatic carbocycles. The molecule has 28 heavy (non-hydrogen) atoms. The van der Waals surface area contributed by atoms with E-state index in [0.29, 0.717) is 35.6 Å². The molecule has 0 saturated carbocycles. The Balaban J connectivity index is 2.13. The SMILES string of the molecule is COC(=O)c1nn(CCC(C)OC)c2c(Nc3cc(C)ccn3)nc(Cl)nc12. The smallest absolute Gasteiger partial charge is 0.360 e. The molecule has 0 bridgehead atoms. The Labute approximate surface area is 167 Å². The molecule has 0 fully saturated rings. The van der Waals surface area contributed by atoms with Gasteiger partial charge in [0.2, 0.25) is 5.28 Å². The summed E-state index contributed by atoms with van der Waals surface area (Å²) in [6, 6.07) is 3.76. The van der Waals surface area contributed by atoms with E-state index in [1.807, 2.05) is 26.0 Å². The number of hydrogen-bond acceptors (Lipinski definition) is 8. The zero-order chi connectivity index (χ0) is 20.3. The molecule has 0 aliphatic rings. The maximum atomic E-state index is 12.2. The molecule has 1 unspecified atom stereocenters. The van der Waals surface area contributed by atoms with Gasteiger partial charge < -0.3 is 14.8 Å². The maximum absolute atomic E-state index is 12.2. The van der Waals surface area contributed by atoms with Crippen molar-refractivity contribution in [3.63, 3.8) is 0 Å². The minimum absolute atomic E-state index is 0.0161. The van der Waals surface area contributed by atoms with Crippen LogP contribution in [0, 0.1) is 6.92 Å². The second-order valence-electron chi connectivity index (χ2n) is 6.28. The lowest BCUT2D eigenvalue weighted by Crippen LogP contribution is -2.12. The summed E-state index contributed by atoms with van der Waals surface area (Å²) in [6.45, 7) is 4.40. The van der Waals surface area contributed by atoms with Crippen LogP contribution in [-0.4, -0.2) is 51.0 Å². The fourth-order valence-electron chi connectivity index (χ4n) is 2.69. The lowest BCUT2D eigenvalue weighted by molar-refractivity contribution is 0.0594. The van der Waals surface area contributed by atoms with Crippen LogP contribution in [0.1, 0.15) is 29.4 Å². The topological polar surface area (TPSA) is 104 Å². The standard InChI is InChI=1S/C18H21ClN6O3/c1-10-5-7-20-12(9-10)21-16-15-13(22-18(19)23-16)14(17(26)28-4)24-25(15)8-6-11(2)27-3/h5,7,9,11H,6,8H2,1-4H3,(H,20,21,22,23). The van der Waals surface area contributed by atoms with Crippen LogP contribution in [-0.2, 0) is 16.0 Å². The van der Waals surface area contributed by atoms with Crippen molar-refractivity contribution >= 4 is 40.2 Å². The molecular weight excluding hydrogens is 384 g/mol. The summed E-state index contributed by atoms with van der Waals surface area (Å²) >= 11 is 6.11. The average Bonchev–Trinajstić information content (AvgIpc) is 3.04. The van der Waals surface area contributed by atoms with Crippen LogP contribution in [0.5, 0.6) is 0 Å². The molecule has 1 N–H and O–H groups in total. The first-order chi connectivity index (χ1) is 13.4. The van der Waals surface area contributed by atoms with E-state index in [2.05, 4.69) is 25.4 Å². The highest BCUT2D eigenvalue weighted by molar-refractivity contribution is 6.29. The van der Waals surface area contributed by atoms with Crippen LogP contribution in [0.2, 0.25) is 5.28 Å². The molecule has 3 heterocycles. The van der Waals surface area contributed by atoms with Crippen LogP contribution < -0.4 is 5.32 Å². The molecular formula is C18H21ClN6O3. The highest BCUT2D eigenvalue weighted by Gasteiger charge is 2.24. The number of nitrogens with zero attached hydrogens (tertiary/aromatic N) is 5. The average molecular weight is 405 g/mol. The van der Waals surface area contributed by atoms with Crippen molar-refractivity contribution in [1.82, 2.24) is 24.7 Å². The van der Waals surface area contributed by atoms with Crippen molar-refractivity contribution in [2.45, 2.75) is 32.9 Å². The van der Waals surface area contributed by atoms with Crippen molar-refractivity contribution in [3.8, 4) is 0 Å². The van der Waals surface area contributed by atoms with Gasteiger partial charge >= 0.3 is 5.97 Å². The number of rotatable bonds is 7. The van der Waals surface area contributed by atoms with Gasteiger partial charge in [0, 0.05) is 19.9 Å². The molecule has 0 amide bonds. The number of pyridine rings is 1. The number of methoxy groups -OCH3 is 2. The number of halogens is 1. The summed E-state index contributed by atoms with van der Waals surface area (Å²) in [4.78, 5) is 25.0.